The predicted octanol–water partition coefficient (Wildman–Crippen LogP) is 3.56. The summed E-state index contributed by atoms with van der Waals surface area (Å²) in [6.45, 7) is 5.08. The Bertz CT molecular complexity index is 376. The molecule has 2 rings (SSSR count). The van der Waals surface area contributed by atoms with Gasteiger partial charge in [0.25, 0.3) is 0 Å². The summed E-state index contributed by atoms with van der Waals surface area (Å²) in [5, 5.41) is 3.70. The molecule has 1 saturated heterocycles. The van der Waals surface area contributed by atoms with Crippen LogP contribution in [0.25, 0.3) is 0 Å². The largest absolute Gasteiger partial charge is 0.381 e. The summed E-state index contributed by atoms with van der Waals surface area (Å²) in [7, 11) is 1.82. The van der Waals surface area contributed by atoms with Crippen LogP contribution in [0.3, 0.4) is 0 Å². The van der Waals surface area contributed by atoms with Crippen molar-refractivity contribution < 1.29 is 9.47 Å². The first-order valence-corrected chi connectivity index (χ1v) is 8.24. The number of benzene rings is 1. The van der Waals surface area contributed by atoms with Crippen molar-refractivity contribution in [2.75, 3.05) is 26.9 Å². The van der Waals surface area contributed by atoms with Gasteiger partial charge in [0.15, 0.2) is 0 Å². The second-order valence-electron chi connectivity index (χ2n) is 5.92. The maximum atomic E-state index is 5.84. The quantitative estimate of drug-likeness (QED) is 0.794. The molecule has 0 aliphatic carbocycles. The Hall–Kier alpha value is -0.900. The molecule has 1 aliphatic heterocycles. The zero-order chi connectivity index (χ0) is 14.9. The van der Waals surface area contributed by atoms with Crippen LogP contribution >= 0.6 is 0 Å². The van der Waals surface area contributed by atoms with E-state index in [1.165, 1.54) is 18.4 Å². The monoisotopic (exact) mass is 291 g/mol. The van der Waals surface area contributed by atoms with Crippen LogP contribution in [0.5, 0.6) is 0 Å². The molecule has 3 nitrogen and oxygen atoms in total. The van der Waals surface area contributed by atoms with Gasteiger partial charge < -0.3 is 14.8 Å². The summed E-state index contributed by atoms with van der Waals surface area (Å²) >= 11 is 0. The molecule has 2 unspecified atom stereocenters. The fraction of sp³-hybridized carbons (Fsp3) is 0.667. The van der Waals surface area contributed by atoms with Gasteiger partial charge >= 0.3 is 0 Å². The molecule has 1 heterocycles. The van der Waals surface area contributed by atoms with E-state index in [0.717, 1.165) is 38.5 Å². The highest BCUT2D eigenvalue weighted by molar-refractivity contribution is 5.19. The van der Waals surface area contributed by atoms with Crippen molar-refractivity contribution >= 4 is 0 Å². The minimum absolute atomic E-state index is 0.126. The van der Waals surface area contributed by atoms with Gasteiger partial charge in [-0.25, -0.2) is 0 Å². The van der Waals surface area contributed by atoms with Crippen LogP contribution in [0.1, 0.15) is 44.3 Å². The van der Waals surface area contributed by atoms with Gasteiger partial charge in [-0.2, -0.15) is 0 Å². The molecule has 1 aliphatic rings. The molecule has 1 aromatic rings. The standard InChI is InChI=1S/C18H29NO2/c1-3-11-19-17(14-15-9-12-21-13-10-15)18(20-2)16-7-5-4-6-8-16/h4-8,15,17-19H,3,9-14H2,1-2H3. The smallest absolute Gasteiger partial charge is 0.0974 e. The molecule has 1 N–H and O–H groups in total. The van der Waals surface area contributed by atoms with E-state index in [1.807, 2.05) is 7.11 Å². The average Bonchev–Trinajstić information content (AvgIpc) is 2.55. The summed E-state index contributed by atoms with van der Waals surface area (Å²) in [4.78, 5) is 0. The molecule has 0 saturated carbocycles. The van der Waals surface area contributed by atoms with Crippen molar-refractivity contribution in [2.45, 2.75) is 44.8 Å². The van der Waals surface area contributed by atoms with E-state index in [-0.39, 0.29) is 6.10 Å². The van der Waals surface area contributed by atoms with E-state index in [1.54, 1.807) is 0 Å². The van der Waals surface area contributed by atoms with Crippen molar-refractivity contribution in [3.63, 3.8) is 0 Å². The third kappa shape index (κ3) is 5.10. The zero-order valence-electron chi connectivity index (χ0n) is 13.4. The number of hydrogen-bond acceptors (Lipinski definition) is 3. The van der Waals surface area contributed by atoms with Gasteiger partial charge in [0.1, 0.15) is 0 Å². The van der Waals surface area contributed by atoms with Gasteiger partial charge in [-0.15, -0.1) is 0 Å². The highest BCUT2D eigenvalue weighted by atomic mass is 16.5. The minimum atomic E-state index is 0.126. The van der Waals surface area contributed by atoms with Gasteiger partial charge in [0.2, 0.25) is 0 Å². The predicted molar refractivity (Wildman–Crippen MR) is 86.4 cm³/mol. The fourth-order valence-corrected chi connectivity index (χ4v) is 3.16. The molecule has 0 bridgehead atoms. The Morgan fingerprint density at radius 2 is 1.95 bits per heavy atom. The number of nitrogens with one attached hydrogen (secondary N) is 1. The van der Waals surface area contributed by atoms with Gasteiger partial charge in [0.05, 0.1) is 6.10 Å². The number of rotatable bonds is 8. The minimum Gasteiger partial charge on any atom is -0.381 e. The summed E-state index contributed by atoms with van der Waals surface area (Å²) in [6.07, 6.45) is 4.79. The maximum absolute atomic E-state index is 5.84. The normalized spacial score (nSPS) is 19.3. The van der Waals surface area contributed by atoms with Gasteiger partial charge in [-0.05, 0) is 43.7 Å². The van der Waals surface area contributed by atoms with Crippen molar-refractivity contribution in [2.24, 2.45) is 5.92 Å². The van der Waals surface area contributed by atoms with Crippen molar-refractivity contribution in [3.05, 3.63) is 35.9 Å². The van der Waals surface area contributed by atoms with Gasteiger partial charge in [-0.3, -0.25) is 0 Å². The maximum Gasteiger partial charge on any atom is 0.0974 e. The number of hydrogen-bond donors (Lipinski definition) is 1. The van der Waals surface area contributed by atoms with Crippen molar-refractivity contribution in [1.29, 1.82) is 0 Å². The number of ether oxygens (including phenoxy) is 2. The molecular formula is C18H29NO2. The molecule has 1 fully saturated rings. The lowest BCUT2D eigenvalue weighted by molar-refractivity contribution is 0.0320. The Balaban J connectivity index is 2.04. The third-order valence-electron chi connectivity index (χ3n) is 4.33. The molecule has 0 amide bonds. The number of methoxy groups -OCH3 is 1. The molecule has 0 spiro atoms. The Kier molecular flexibility index (Phi) is 7.20. The SMILES string of the molecule is CCCNC(CC1CCOCC1)C(OC)c1ccccc1. The van der Waals surface area contributed by atoms with Gasteiger partial charge in [-0.1, -0.05) is 37.3 Å². The van der Waals surface area contributed by atoms with Crippen LogP contribution < -0.4 is 5.32 Å². The summed E-state index contributed by atoms with van der Waals surface area (Å²) in [6, 6.07) is 10.9. The molecular weight excluding hydrogens is 262 g/mol. The van der Waals surface area contributed by atoms with Crippen molar-refractivity contribution in [1.82, 2.24) is 5.32 Å². The topological polar surface area (TPSA) is 30.5 Å². The van der Waals surface area contributed by atoms with E-state index in [9.17, 15) is 0 Å². The first-order chi connectivity index (χ1) is 10.3. The Morgan fingerprint density at radius 1 is 1.24 bits per heavy atom. The molecule has 0 radical (unpaired) electrons. The van der Waals surface area contributed by atoms with Crippen LogP contribution in [-0.2, 0) is 9.47 Å². The molecule has 3 heteroatoms. The molecule has 118 valence electrons. The Morgan fingerprint density at radius 3 is 2.57 bits per heavy atom. The molecule has 1 aromatic carbocycles. The van der Waals surface area contributed by atoms with Gasteiger partial charge in [0, 0.05) is 26.4 Å². The molecule has 21 heavy (non-hydrogen) atoms. The summed E-state index contributed by atoms with van der Waals surface area (Å²) < 4.78 is 11.3. The van der Waals surface area contributed by atoms with Crippen LogP contribution in [-0.4, -0.2) is 32.9 Å². The second kappa shape index (κ2) is 9.19. The lowest BCUT2D eigenvalue weighted by Gasteiger charge is -2.32. The molecule has 0 aromatic heterocycles. The lowest BCUT2D eigenvalue weighted by atomic mass is 9.88. The first kappa shape index (κ1) is 16.5. The highest BCUT2D eigenvalue weighted by Crippen LogP contribution is 2.28. The van der Waals surface area contributed by atoms with Crippen molar-refractivity contribution in [3.8, 4) is 0 Å². The highest BCUT2D eigenvalue weighted by Gasteiger charge is 2.26. The van der Waals surface area contributed by atoms with Crippen LogP contribution in [0.4, 0.5) is 0 Å². The zero-order valence-corrected chi connectivity index (χ0v) is 13.4. The average molecular weight is 291 g/mol. The second-order valence-corrected chi connectivity index (χ2v) is 5.92. The van der Waals surface area contributed by atoms with E-state index >= 15 is 0 Å². The van der Waals surface area contributed by atoms with E-state index in [4.69, 9.17) is 9.47 Å². The Labute approximate surface area is 129 Å². The summed E-state index contributed by atoms with van der Waals surface area (Å²) in [5.74, 6) is 0.745. The summed E-state index contributed by atoms with van der Waals surface area (Å²) in [5.41, 5.74) is 1.26. The fourth-order valence-electron chi connectivity index (χ4n) is 3.16. The van der Waals surface area contributed by atoms with Crippen LogP contribution in [0.2, 0.25) is 0 Å². The van der Waals surface area contributed by atoms with Crippen LogP contribution in [0, 0.1) is 5.92 Å². The molecule has 2 atom stereocenters. The van der Waals surface area contributed by atoms with E-state index in [0.29, 0.717) is 6.04 Å². The van der Waals surface area contributed by atoms with E-state index in [2.05, 4.69) is 42.6 Å². The lowest BCUT2D eigenvalue weighted by Crippen LogP contribution is -2.39. The van der Waals surface area contributed by atoms with Crippen LogP contribution in [0.15, 0.2) is 30.3 Å². The van der Waals surface area contributed by atoms with E-state index < -0.39 is 0 Å². The first-order valence-electron chi connectivity index (χ1n) is 8.24. The third-order valence-corrected chi connectivity index (χ3v) is 4.33.